The number of hydrogen-bond acceptors (Lipinski definition) is 10. The molecule has 0 bridgehead atoms. The Morgan fingerprint density at radius 3 is 1.36 bits per heavy atom. The van der Waals surface area contributed by atoms with Crippen molar-refractivity contribution in [2.45, 2.75) is 13.3 Å². The van der Waals surface area contributed by atoms with Gasteiger partial charge in [-0.15, -0.1) is 0 Å². The van der Waals surface area contributed by atoms with Crippen molar-refractivity contribution in [1.82, 2.24) is 0 Å². The molecule has 0 aromatic rings. The maximum Gasteiger partial charge on any atom is 0.331 e. The molecule has 0 aliphatic heterocycles. The summed E-state index contributed by atoms with van der Waals surface area (Å²) in [5, 5.41) is 0. The summed E-state index contributed by atoms with van der Waals surface area (Å²) >= 11 is 0. The van der Waals surface area contributed by atoms with Crippen LogP contribution in [0.25, 0.3) is 0 Å². The number of carbonyl (C=O) groups excluding carboxylic acids is 2. The molecule has 0 radical (unpaired) electrons. The lowest BCUT2D eigenvalue weighted by atomic mass is 10.5. The van der Waals surface area contributed by atoms with E-state index in [1.165, 1.54) is 7.11 Å². The Labute approximate surface area is 166 Å². The maximum absolute atomic E-state index is 11.1. The van der Waals surface area contributed by atoms with Crippen LogP contribution in [0.4, 0.5) is 0 Å². The number of hydrogen-bond donors (Lipinski definition) is 0. The van der Waals surface area contributed by atoms with Gasteiger partial charge in [-0.1, -0.05) is 0 Å². The van der Waals surface area contributed by atoms with E-state index in [-0.39, 0.29) is 19.0 Å². The smallest absolute Gasteiger partial charge is 0.331 e. The van der Waals surface area contributed by atoms with Gasteiger partial charge < -0.3 is 37.9 Å². The fraction of sp³-hybridized carbons (Fsp3) is 0.889. The monoisotopic (exact) mass is 410 g/mol. The van der Waals surface area contributed by atoms with Crippen LogP contribution >= 0.6 is 0 Å². The zero-order valence-electron chi connectivity index (χ0n) is 17.0. The summed E-state index contributed by atoms with van der Waals surface area (Å²) in [5.41, 5.74) is 0. The van der Waals surface area contributed by atoms with Gasteiger partial charge in [-0.05, 0) is 6.92 Å². The quantitative estimate of drug-likeness (QED) is 0.192. The van der Waals surface area contributed by atoms with Crippen LogP contribution < -0.4 is 0 Å². The molecule has 0 spiro atoms. The van der Waals surface area contributed by atoms with Gasteiger partial charge in [-0.25, -0.2) is 4.79 Å². The molecule has 0 rings (SSSR count). The van der Waals surface area contributed by atoms with E-state index < -0.39 is 5.97 Å². The van der Waals surface area contributed by atoms with Crippen LogP contribution in [0.15, 0.2) is 0 Å². The lowest BCUT2D eigenvalue weighted by Gasteiger charge is -2.08. The van der Waals surface area contributed by atoms with Crippen LogP contribution in [-0.2, 0) is 47.5 Å². The highest BCUT2D eigenvalue weighted by Crippen LogP contribution is 1.89. The zero-order valence-corrected chi connectivity index (χ0v) is 17.0. The molecule has 0 atom stereocenters. The third-order valence-corrected chi connectivity index (χ3v) is 3.06. The topological polar surface area (TPSA) is 108 Å². The van der Waals surface area contributed by atoms with E-state index in [2.05, 4.69) is 4.74 Å². The van der Waals surface area contributed by atoms with Gasteiger partial charge in [0.05, 0.1) is 92.8 Å². The summed E-state index contributed by atoms with van der Waals surface area (Å²) in [5.74, 6) is -0.664. The zero-order chi connectivity index (χ0) is 20.7. The van der Waals surface area contributed by atoms with Crippen molar-refractivity contribution in [2.75, 3.05) is 93.0 Å². The normalized spacial score (nSPS) is 10.8. The summed E-state index contributed by atoms with van der Waals surface area (Å²) in [7, 11) is 1.31. The second kappa shape index (κ2) is 22.0. The van der Waals surface area contributed by atoms with Crippen molar-refractivity contribution < 1.29 is 47.5 Å². The molecule has 0 aliphatic carbocycles. The predicted molar refractivity (Wildman–Crippen MR) is 98.2 cm³/mol. The highest BCUT2D eigenvalue weighted by atomic mass is 16.6. The molecule has 0 aliphatic rings. The fourth-order valence-corrected chi connectivity index (χ4v) is 1.70. The molecule has 0 aromatic carbocycles. The molecule has 28 heavy (non-hydrogen) atoms. The molecule has 0 unspecified atom stereocenters. The van der Waals surface area contributed by atoms with Gasteiger partial charge in [-0.3, -0.25) is 4.79 Å². The minimum absolute atomic E-state index is 0.0695. The number of rotatable bonds is 21. The second-order valence-electron chi connectivity index (χ2n) is 5.25. The maximum atomic E-state index is 11.1. The summed E-state index contributed by atoms with van der Waals surface area (Å²) in [4.78, 5) is 21.8. The largest absolute Gasteiger partial charge is 0.467 e. The standard InChI is InChI=1S/C18H34O10/c1-3-28-17(19)4-5-22-6-7-23-8-9-24-10-11-25-12-13-26-14-15-27-16-18(20)21-2/h3-16H2,1-2H3. The second-order valence-corrected chi connectivity index (χ2v) is 5.25. The third kappa shape index (κ3) is 21.0. The molecule has 0 heterocycles. The van der Waals surface area contributed by atoms with E-state index in [4.69, 9.17) is 33.2 Å². The number of methoxy groups -OCH3 is 1. The summed E-state index contributed by atoms with van der Waals surface area (Å²) < 4.78 is 40.8. The molecule has 10 nitrogen and oxygen atoms in total. The van der Waals surface area contributed by atoms with Crippen molar-refractivity contribution in [3.63, 3.8) is 0 Å². The molecule has 0 saturated heterocycles. The van der Waals surface area contributed by atoms with Gasteiger partial charge in [0, 0.05) is 0 Å². The first-order valence-electron chi connectivity index (χ1n) is 9.39. The van der Waals surface area contributed by atoms with E-state index >= 15 is 0 Å². The van der Waals surface area contributed by atoms with E-state index in [0.29, 0.717) is 79.3 Å². The van der Waals surface area contributed by atoms with Crippen molar-refractivity contribution in [1.29, 1.82) is 0 Å². The molecule has 0 amide bonds. The summed E-state index contributed by atoms with van der Waals surface area (Å²) in [6, 6.07) is 0. The van der Waals surface area contributed by atoms with Crippen LogP contribution in [0.3, 0.4) is 0 Å². The number of esters is 2. The molecule has 0 aromatic heterocycles. The summed E-state index contributed by atoms with van der Waals surface area (Å²) in [6.45, 7) is 6.80. The first-order chi connectivity index (χ1) is 13.7. The molecular formula is C18H34O10. The SMILES string of the molecule is CCOC(=O)CCOCCOCCOCCOCCOCCOCC(=O)OC. The van der Waals surface area contributed by atoms with E-state index in [0.717, 1.165) is 0 Å². The Morgan fingerprint density at radius 2 is 0.964 bits per heavy atom. The average Bonchev–Trinajstić information content (AvgIpc) is 2.69. The molecular weight excluding hydrogens is 376 g/mol. The highest BCUT2D eigenvalue weighted by Gasteiger charge is 2.01. The van der Waals surface area contributed by atoms with Crippen LogP contribution in [0.2, 0.25) is 0 Å². The first kappa shape index (κ1) is 26.7. The molecule has 0 saturated carbocycles. The van der Waals surface area contributed by atoms with Crippen LogP contribution in [-0.4, -0.2) is 105 Å². The van der Waals surface area contributed by atoms with Gasteiger partial charge in [0.25, 0.3) is 0 Å². The average molecular weight is 410 g/mol. The summed E-state index contributed by atoms with van der Waals surface area (Å²) in [6.07, 6.45) is 0.255. The Hall–Kier alpha value is -1.30. The minimum atomic E-state index is -0.409. The highest BCUT2D eigenvalue weighted by molar-refractivity contribution is 5.70. The van der Waals surface area contributed by atoms with Crippen LogP contribution in [0.1, 0.15) is 13.3 Å². The van der Waals surface area contributed by atoms with Gasteiger partial charge in [-0.2, -0.15) is 0 Å². The van der Waals surface area contributed by atoms with E-state index in [9.17, 15) is 9.59 Å². The number of carbonyl (C=O) groups is 2. The Morgan fingerprint density at radius 1 is 0.571 bits per heavy atom. The van der Waals surface area contributed by atoms with Crippen molar-refractivity contribution in [2.24, 2.45) is 0 Å². The third-order valence-electron chi connectivity index (χ3n) is 3.06. The van der Waals surface area contributed by atoms with Crippen molar-refractivity contribution >= 4 is 11.9 Å². The number of ether oxygens (including phenoxy) is 8. The lowest BCUT2D eigenvalue weighted by Crippen LogP contribution is -2.15. The van der Waals surface area contributed by atoms with Crippen LogP contribution in [0, 0.1) is 0 Å². The Balaban J connectivity index is 3.07. The Bertz CT molecular complexity index is 364. The molecule has 10 heteroatoms. The van der Waals surface area contributed by atoms with Gasteiger partial charge in [0.1, 0.15) is 6.61 Å². The predicted octanol–water partition coefficient (Wildman–Crippen LogP) is 0.212. The molecule has 166 valence electrons. The van der Waals surface area contributed by atoms with Gasteiger partial charge >= 0.3 is 11.9 Å². The first-order valence-corrected chi connectivity index (χ1v) is 9.39. The fourth-order valence-electron chi connectivity index (χ4n) is 1.70. The van der Waals surface area contributed by atoms with Gasteiger partial charge in [0.2, 0.25) is 0 Å². The van der Waals surface area contributed by atoms with E-state index in [1.54, 1.807) is 6.92 Å². The van der Waals surface area contributed by atoms with E-state index in [1.807, 2.05) is 0 Å². The minimum Gasteiger partial charge on any atom is -0.467 e. The molecule has 0 N–H and O–H groups in total. The van der Waals surface area contributed by atoms with Gasteiger partial charge in [0.15, 0.2) is 0 Å². The van der Waals surface area contributed by atoms with Crippen molar-refractivity contribution in [3.8, 4) is 0 Å². The molecule has 0 fully saturated rings. The van der Waals surface area contributed by atoms with Crippen LogP contribution in [0.5, 0.6) is 0 Å². The Kier molecular flexibility index (Phi) is 21.0. The van der Waals surface area contributed by atoms with Crippen molar-refractivity contribution in [3.05, 3.63) is 0 Å². The lowest BCUT2D eigenvalue weighted by molar-refractivity contribution is -0.146.